The number of aromatic nitrogens is 1. The zero-order chi connectivity index (χ0) is 18.9. The lowest BCUT2D eigenvalue weighted by molar-refractivity contribution is -0.00118. The van der Waals surface area contributed by atoms with Crippen LogP contribution in [0, 0.1) is 0 Å². The number of nitrogens with zero attached hydrogens (tertiary/aromatic N) is 2. The smallest absolute Gasteiger partial charge is 0.272 e. The molecule has 7 nitrogen and oxygen atoms in total. The van der Waals surface area contributed by atoms with Gasteiger partial charge in [-0.15, -0.1) is 0 Å². The van der Waals surface area contributed by atoms with Gasteiger partial charge in [-0.1, -0.05) is 6.07 Å². The highest BCUT2D eigenvalue weighted by atomic mass is 16.5. The fraction of sp³-hybridized carbons (Fsp3) is 0.350. The predicted molar refractivity (Wildman–Crippen MR) is 98.1 cm³/mol. The summed E-state index contributed by atoms with van der Waals surface area (Å²) in [7, 11) is 1.57. The van der Waals surface area contributed by atoms with Gasteiger partial charge in [0.2, 0.25) is 0 Å². The average Bonchev–Trinajstić information content (AvgIpc) is 2.84. The minimum atomic E-state index is -0.671. The maximum Gasteiger partial charge on any atom is 0.272 e. The first-order chi connectivity index (χ1) is 13.1. The van der Waals surface area contributed by atoms with Crippen molar-refractivity contribution in [3.63, 3.8) is 0 Å². The SMILES string of the molecule is COc1ccc2c(c1)OC1(CCCN(C(=O)c3ccccn3)C1)CNC2=O. The van der Waals surface area contributed by atoms with Crippen LogP contribution in [0.3, 0.4) is 0 Å². The first-order valence-corrected chi connectivity index (χ1v) is 8.96. The van der Waals surface area contributed by atoms with E-state index in [0.717, 1.165) is 12.8 Å². The van der Waals surface area contributed by atoms with E-state index in [-0.39, 0.29) is 11.8 Å². The van der Waals surface area contributed by atoms with Crippen LogP contribution < -0.4 is 14.8 Å². The summed E-state index contributed by atoms with van der Waals surface area (Å²) < 4.78 is 11.6. The number of hydrogen-bond donors (Lipinski definition) is 1. The molecule has 1 N–H and O–H groups in total. The molecule has 140 valence electrons. The van der Waals surface area contributed by atoms with Gasteiger partial charge in [-0.25, -0.2) is 0 Å². The second-order valence-electron chi connectivity index (χ2n) is 6.88. The van der Waals surface area contributed by atoms with E-state index in [9.17, 15) is 9.59 Å². The highest BCUT2D eigenvalue weighted by molar-refractivity contribution is 5.97. The van der Waals surface area contributed by atoms with E-state index in [0.29, 0.717) is 42.4 Å². The Morgan fingerprint density at radius 1 is 1.33 bits per heavy atom. The number of hydrogen-bond acceptors (Lipinski definition) is 5. The molecule has 2 aliphatic heterocycles. The van der Waals surface area contributed by atoms with Crippen molar-refractivity contribution in [3.05, 3.63) is 53.9 Å². The Hall–Kier alpha value is -3.09. The number of amides is 2. The molecular weight excluding hydrogens is 346 g/mol. The van der Waals surface area contributed by atoms with Gasteiger partial charge in [-0.3, -0.25) is 14.6 Å². The summed E-state index contributed by atoms with van der Waals surface area (Å²) in [5.74, 6) is 0.796. The van der Waals surface area contributed by atoms with Crippen molar-refractivity contribution in [3.8, 4) is 11.5 Å². The summed E-state index contributed by atoms with van der Waals surface area (Å²) in [6.07, 6.45) is 3.14. The van der Waals surface area contributed by atoms with Gasteiger partial charge in [0.1, 0.15) is 22.8 Å². The quantitative estimate of drug-likeness (QED) is 0.877. The number of methoxy groups -OCH3 is 1. The second-order valence-corrected chi connectivity index (χ2v) is 6.88. The van der Waals surface area contributed by atoms with Gasteiger partial charge in [0.25, 0.3) is 11.8 Å². The second kappa shape index (κ2) is 6.90. The Balaban J connectivity index is 1.62. The summed E-state index contributed by atoms with van der Waals surface area (Å²) in [5, 5.41) is 2.94. The molecule has 1 unspecified atom stereocenters. The number of carbonyl (C=O) groups excluding carboxylic acids is 2. The minimum Gasteiger partial charge on any atom is -0.497 e. The third kappa shape index (κ3) is 3.32. The normalized spacial score (nSPS) is 21.7. The fourth-order valence-electron chi connectivity index (χ4n) is 3.66. The number of piperidine rings is 1. The summed E-state index contributed by atoms with van der Waals surface area (Å²) >= 11 is 0. The molecule has 1 aromatic heterocycles. The summed E-state index contributed by atoms with van der Waals surface area (Å²) in [4.78, 5) is 31.2. The lowest BCUT2D eigenvalue weighted by atomic mass is 9.92. The molecule has 1 spiro atoms. The standard InChI is InChI=1S/C20H21N3O4/c1-26-14-6-7-15-17(11-14)27-20(12-22-18(15)24)8-4-10-23(13-20)19(25)16-5-2-3-9-21-16/h2-3,5-7,9,11H,4,8,10,12-13H2,1H3,(H,22,24). The third-order valence-electron chi connectivity index (χ3n) is 5.04. The molecule has 1 fully saturated rings. The lowest BCUT2D eigenvalue weighted by Gasteiger charge is -2.42. The molecule has 2 aliphatic rings. The van der Waals surface area contributed by atoms with Crippen molar-refractivity contribution >= 4 is 11.8 Å². The molecule has 0 aliphatic carbocycles. The number of likely N-dealkylation sites (tertiary alicyclic amines) is 1. The molecule has 2 amide bonds. The maximum atomic E-state index is 12.8. The number of fused-ring (bicyclic) bond motifs is 1. The molecule has 1 atom stereocenters. The van der Waals surface area contributed by atoms with Crippen LogP contribution in [0.5, 0.6) is 11.5 Å². The average molecular weight is 367 g/mol. The van der Waals surface area contributed by atoms with Gasteiger partial charge in [0, 0.05) is 18.8 Å². The monoisotopic (exact) mass is 367 g/mol. The van der Waals surface area contributed by atoms with E-state index >= 15 is 0 Å². The number of pyridine rings is 1. The number of nitrogens with one attached hydrogen (secondary N) is 1. The Labute approximate surface area is 157 Å². The largest absolute Gasteiger partial charge is 0.497 e. The minimum absolute atomic E-state index is 0.125. The zero-order valence-electron chi connectivity index (χ0n) is 15.1. The van der Waals surface area contributed by atoms with E-state index in [1.54, 1.807) is 54.6 Å². The van der Waals surface area contributed by atoms with Gasteiger partial charge in [-0.2, -0.15) is 0 Å². The molecule has 1 saturated heterocycles. The Bertz CT molecular complexity index is 871. The molecule has 0 radical (unpaired) electrons. The van der Waals surface area contributed by atoms with E-state index in [1.807, 2.05) is 0 Å². The summed E-state index contributed by atoms with van der Waals surface area (Å²) in [6, 6.07) is 10.4. The third-order valence-corrected chi connectivity index (χ3v) is 5.04. The van der Waals surface area contributed by atoms with Crippen molar-refractivity contribution in [1.82, 2.24) is 15.2 Å². The van der Waals surface area contributed by atoms with Crippen molar-refractivity contribution in [2.45, 2.75) is 18.4 Å². The lowest BCUT2D eigenvalue weighted by Crippen LogP contribution is -2.58. The van der Waals surface area contributed by atoms with Crippen molar-refractivity contribution < 1.29 is 19.1 Å². The molecule has 27 heavy (non-hydrogen) atoms. The zero-order valence-corrected chi connectivity index (χ0v) is 15.1. The van der Waals surface area contributed by atoms with Gasteiger partial charge >= 0.3 is 0 Å². The van der Waals surface area contributed by atoms with Gasteiger partial charge < -0.3 is 19.7 Å². The van der Waals surface area contributed by atoms with E-state index in [1.165, 1.54) is 0 Å². The number of carbonyl (C=O) groups is 2. The predicted octanol–water partition coefficient (Wildman–Crippen LogP) is 1.89. The number of ether oxygens (including phenoxy) is 2. The van der Waals surface area contributed by atoms with Crippen LogP contribution in [-0.2, 0) is 0 Å². The van der Waals surface area contributed by atoms with Crippen molar-refractivity contribution in [1.29, 1.82) is 0 Å². The van der Waals surface area contributed by atoms with E-state index < -0.39 is 5.60 Å². The fourth-order valence-corrected chi connectivity index (χ4v) is 3.66. The molecule has 4 rings (SSSR count). The summed E-state index contributed by atoms with van der Waals surface area (Å²) in [6.45, 7) is 1.37. The number of rotatable bonds is 2. The van der Waals surface area contributed by atoms with Crippen LogP contribution >= 0.6 is 0 Å². The Morgan fingerprint density at radius 2 is 2.22 bits per heavy atom. The molecule has 0 bridgehead atoms. The van der Waals surface area contributed by atoms with Gasteiger partial charge in [0.15, 0.2) is 0 Å². The van der Waals surface area contributed by atoms with Crippen LogP contribution in [-0.4, -0.2) is 54.0 Å². The van der Waals surface area contributed by atoms with Crippen LogP contribution in [0.4, 0.5) is 0 Å². The van der Waals surface area contributed by atoms with Crippen LogP contribution in [0.15, 0.2) is 42.6 Å². The molecule has 1 aromatic carbocycles. The first kappa shape index (κ1) is 17.3. The summed E-state index contributed by atoms with van der Waals surface area (Å²) in [5.41, 5.74) is 0.214. The molecule has 7 heteroatoms. The maximum absolute atomic E-state index is 12.8. The molecular formula is C20H21N3O4. The van der Waals surface area contributed by atoms with Crippen LogP contribution in [0.25, 0.3) is 0 Å². The Kier molecular flexibility index (Phi) is 4.43. The van der Waals surface area contributed by atoms with Crippen LogP contribution in [0.1, 0.15) is 33.7 Å². The molecule has 3 heterocycles. The first-order valence-electron chi connectivity index (χ1n) is 8.96. The molecule has 2 aromatic rings. The Morgan fingerprint density at radius 3 is 3.00 bits per heavy atom. The highest BCUT2D eigenvalue weighted by Gasteiger charge is 2.42. The topological polar surface area (TPSA) is 80.8 Å². The number of benzene rings is 1. The van der Waals surface area contributed by atoms with Gasteiger partial charge in [-0.05, 0) is 37.1 Å². The highest BCUT2D eigenvalue weighted by Crippen LogP contribution is 2.34. The van der Waals surface area contributed by atoms with Gasteiger partial charge in [0.05, 0.1) is 25.8 Å². The molecule has 0 saturated carbocycles. The van der Waals surface area contributed by atoms with E-state index in [2.05, 4.69) is 10.3 Å². The van der Waals surface area contributed by atoms with Crippen molar-refractivity contribution in [2.75, 3.05) is 26.7 Å². The van der Waals surface area contributed by atoms with Crippen LogP contribution in [0.2, 0.25) is 0 Å². The van der Waals surface area contributed by atoms with Crippen molar-refractivity contribution in [2.24, 2.45) is 0 Å². The van der Waals surface area contributed by atoms with E-state index in [4.69, 9.17) is 9.47 Å².